The van der Waals surface area contributed by atoms with Crippen LogP contribution in [0.3, 0.4) is 0 Å². The van der Waals surface area contributed by atoms with Gasteiger partial charge in [-0.1, -0.05) is 12.8 Å². The van der Waals surface area contributed by atoms with Gasteiger partial charge in [0.05, 0.1) is 0 Å². The van der Waals surface area contributed by atoms with Gasteiger partial charge in [0, 0.05) is 26.1 Å². The molecule has 0 atom stereocenters. The van der Waals surface area contributed by atoms with Gasteiger partial charge in [0.15, 0.2) is 0 Å². The van der Waals surface area contributed by atoms with Crippen LogP contribution in [0.25, 0.3) is 0 Å². The summed E-state index contributed by atoms with van der Waals surface area (Å²) in [5.41, 5.74) is 0. The lowest BCUT2D eigenvalue weighted by molar-refractivity contribution is 0.350. The number of fused-ring (bicyclic) bond motifs is 1. The Labute approximate surface area is 68.3 Å². The molecule has 2 rings (SSSR count). The monoisotopic (exact) mass is 152 g/mol. The molecule has 1 fully saturated rings. The highest BCUT2D eigenvalue weighted by Gasteiger charge is 2.20. The lowest BCUT2D eigenvalue weighted by Crippen LogP contribution is -2.43. The minimum absolute atomic E-state index is 1.08. The van der Waals surface area contributed by atoms with Crippen molar-refractivity contribution in [2.45, 2.75) is 32.1 Å². The second kappa shape index (κ2) is 3.24. The first-order chi connectivity index (χ1) is 5.47. The van der Waals surface area contributed by atoms with Crippen molar-refractivity contribution in [3.05, 3.63) is 0 Å². The molecule has 0 radical (unpaired) electrons. The smallest absolute Gasteiger partial charge is 0.101 e. The van der Waals surface area contributed by atoms with Gasteiger partial charge in [-0.3, -0.25) is 4.99 Å². The van der Waals surface area contributed by atoms with Crippen LogP contribution in [0.4, 0.5) is 0 Å². The summed E-state index contributed by atoms with van der Waals surface area (Å²) in [5.74, 6) is 1.38. The van der Waals surface area contributed by atoms with Gasteiger partial charge in [-0.25, -0.2) is 0 Å². The SMILES string of the molecule is C1CCCN2CC/C2=N\CC1. The van der Waals surface area contributed by atoms with Crippen LogP contribution >= 0.6 is 0 Å². The van der Waals surface area contributed by atoms with Crippen molar-refractivity contribution >= 4 is 5.84 Å². The molecular weight excluding hydrogens is 136 g/mol. The molecular formula is C9H16N2. The molecule has 0 spiro atoms. The van der Waals surface area contributed by atoms with Crippen molar-refractivity contribution < 1.29 is 0 Å². The highest BCUT2D eigenvalue weighted by Crippen LogP contribution is 2.15. The number of hydrogen-bond acceptors (Lipinski definition) is 2. The van der Waals surface area contributed by atoms with Crippen LogP contribution in [0, 0.1) is 0 Å². The molecule has 0 unspecified atom stereocenters. The Morgan fingerprint density at radius 1 is 1.00 bits per heavy atom. The van der Waals surface area contributed by atoms with Gasteiger partial charge in [-0.05, 0) is 12.8 Å². The first kappa shape index (κ1) is 7.14. The second-order valence-electron chi connectivity index (χ2n) is 3.45. The maximum atomic E-state index is 4.55. The van der Waals surface area contributed by atoms with Crippen LogP contribution in [-0.4, -0.2) is 30.4 Å². The molecule has 0 N–H and O–H groups in total. The quantitative estimate of drug-likeness (QED) is 0.515. The number of aliphatic imine (C=N–C) groups is 1. The van der Waals surface area contributed by atoms with Crippen molar-refractivity contribution in [2.75, 3.05) is 19.6 Å². The summed E-state index contributed by atoms with van der Waals surface area (Å²) in [4.78, 5) is 6.99. The molecule has 0 aromatic heterocycles. The summed E-state index contributed by atoms with van der Waals surface area (Å²) < 4.78 is 0. The van der Waals surface area contributed by atoms with E-state index in [0.717, 1.165) is 6.54 Å². The van der Waals surface area contributed by atoms with Gasteiger partial charge in [0.1, 0.15) is 5.84 Å². The molecule has 2 aliphatic rings. The van der Waals surface area contributed by atoms with E-state index in [0.29, 0.717) is 0 Å². The maximum Gasteiger partial charge on any atom is 0.101 e. The molecule has 2 heterocycles. The third kappa shape index (κ3) is 1.55. The lowest BCUT2D eigenvalue weighted by atomic mass is 10.1. The van der Waals surface area contributed by atoms with Crippen LogP contribution in [0.2, 0.25) is 0 Å². The van der Waals surface area contributed by atoms with Crippen LogP contribution in [0.1, 0.15) is 32.1 Å². The van der Waals surface area contributed by atoms with Crippen molar-refractivity contribution in [3.8, 4) is 0 Å². The van der Waals surface area contributed by atoms with Crippen LogP contribution in [0.5, 0.6) is 0 Å². The van der Waals surface area contributed by atoms with Crippen molar-refractivity contribution in [1.82, 2.24) is 4.90 Å². The third-order valence-electron chi connectivity index (χ3n) is 2.60. The van der Waals surface area contributed by atoms with Gasteiger partial charge in [0.2, 0.25) is 0 Å². The summed E-state index contributed by atoms with van der Waals surface area (Å²) >= 11 is 0. The minimum atomic E-state index is 1.08. The Morgan fingerprint density at radius 3 is 2.73 bits per heavy atom. The average Bonchev–Trinajstić information content (AvgIpc) is 2.04. The van der Waals surface area contributed by atoms with Crippen LogP contribution < -0.4 is 0 Å². The molecule has 0 bridgehead atoms. The lowest BCUT2D eigenvalue weighted by Gasteiger charge is -2.34. The number of nitrogens with zero attached hydrogens (tertiary/aromatic N) is 2. The standard InChI is InChI=1S/C9H16N2/c1-2-4-7-11-8-5-9(11)10-6-3-1/h1-8H2/b10-9+. The van der Waals surface area contributed by atoms with E-state index in [4.69, 9.17) is 0 Å². The van der Waals surface area contributed by atoms with Gasteiger partial charge < -0.3 is 4.90 Å². The number of hydrogen-bond donors (Lipinski definition) is 0. The van der Waals surface area contributed by atoms with Gasteiger partial charge >= 0.3 is 0 Å². The molecule has 0 saturated carbocycles. The Morgan fingerprint density at radius 2 is 1.91 bits per heavy atom. The molecule has 2 aliphatic heterocycles. The van der Waals surface area contributed by atoms with Crippen LogP contribution in [-0.2, 0) is 0 Å². The first-order valence-corrected chi connectivity index (χ1v) is 4.75. The number of amidine groups is 1. The highest BCUT2D eigenvalue weighted by atomic mass is 15.2. The average molecular weight is 152 g/mol. The second-order valence-corrected chi connectivity index (χ2v) is 3.45. The van der Waals surface area contributed by atoms with Crippen LogP contribution in [0.15, 0.2) is 4.99 Å². The predicted octanol–water partition coefficient (Wildman–Crippen LogP) is 1.66. The predicted molar refractivity (Wildman–Crippen MR) is 47.0 cm³/mol. The van der Waals surface area contributed by atoms with Gasteiger partial charge in [-0.15, -0.1) is 0 Å². The third-order valence-corrected chi connectivity index (χ3v) is 2.60. The Bertz CT molecular complexity index is 163. The van der Waals surface area contributed by atoms with Gasteiger partial charge in [0.25, 0.3) is 0 Å². The van der Waals surface area contributed by atoms with E-state index in [1.54, 1.807) is 0 Å². The summed E-state index contributed by atoms with van der Waals surface area (Å²) in [7, 11) is 0. The summed E-state index contributed by atoms with van der Waals surface area (Å²) in [6.07, 6.45) is 6.69. The Balaban J connectivity index is 1.93. The van der Waals surface area contributed by atoms with E-state index >= 15 is 0 Å². The molecule has 0 aromatic carbocycles. The maximum absolute atomic E-state index is 4.55. The fourth-order valence-electron chi connectivity index (χ4n) is 1.77. The summed E-state index contributed by atoms with van der Waals surface area (Å²) in [6.45, 7) is 3.60. The van der Waals surface area contributed by atoms with E-state index in [1.807, 2.05) is 0 Å². The molecule has 0 amide bonds. The zero-order chi connectivity index (χ0) is 7.52. The van der Waals surface area contributed by atoms with E-state index < -0.39 is 0 Å². The van der Waals surface area contributed by atoms with Gasteiger partial charge in [-0.2, -0.15) is 0 Å². The first-order valence-electron chi connectivity index (χ1n) is 4.75. The Kier molecular flexibility index (Phi) is 2.11. The molecule has 2 nitrogen and oxygen atoms in total. The minimum Gasteiger partial charge on any atom is -0.360 e. The molecule has 2 heteroatoms. The topological polar surface area (TPSA) is 15.6 Å². The summed E-state index contributed by atoms with van der Waals surface area (Å²) in [5, 5.41) is 0. The zero-order valence-electron chi connectivity index (χ0n) is 7.05. The molecule has 0 aromatic rings. The summed E-state index contributed by atoms with van der Waals surface area (Å²) in [6, 6.07) is 0. The van der Waals surface area contributed by atoms with E-state index in [-0.39, 0.29) is 0 Å². The van der Waals surface area contributed by atoms with Crippen molar-refractivity contribution in [2.24, 2.45) is 4.99 Å². The van der Waals surface area contributed by atoms with Crippen molar-refractivity contribution in [1.29, 1.82) is 0 Å². The van der Waals surface area contributed by atoms with E-state index in [9.17, 15) is 0 Å². The highest BCUT2D eigenvalue weighted by molar-refractivity contribution is 5.87. The van der Waals surface area contributed by atoms with E-state index in [1.165, 1.54) is 51.0 Å². The fourth-order valence-corrected chi connectivity index (χ4v) is 1.77. The largest absolute Gasteiger partial charge is 0.360 e. The molecule has 1 saturated heterocycles. The molecule has 62 valence electrons. The van der Waals surface area contributed by atoms with Crippen molar-refractivity contribution in [3.63, 3.8) is 0 Å². The molecule has 0 aliphatic carbocycles. The Hall–Kier alpha value is -0.530. The molecule has 11 heavy (non-hydrogen) atoms. The zero-order valence-corrected chi connectivity index (χ0v) is 7.05. The normalized spacial score (nSPS) is 30.2. The fraction of sp³-hybridized carbons (Fsp3) is 0.889. The van der Waals surface area contributed by atoms with E-state index in [2.05, 4.69) is 9.89 Å². The number of rotatable bonds is 0.